The van der Waals surface area contributed by atoms with Crippen molar-refractivity contribution in [2.75, 3.05) is 0 Å². The lowest BCUT2D eigenvalue weighted by Gasteiger charge is -2.15. The Hall–Kier alpha value is -1.89. The third-order valence-corrected chi connectivity index (χ3v) is 4.18. The lowest BCUT2D eigenvalue weighted by Crippen LogP contribution is -2.09. The Bertz CT molecular complexity index is 926. The van der Waals surface area contributed by atoms with E-state index in [1.54, 1.807) is 18.2 Å². The van der Waals surface area contributed by atoms with E-state index in [0.29, 0.717) is 21.9 Å². The normalized spacial score (nSPS) is 11.9. The molecule has 0 bridgehead atoms. The third kappa shape index (κ3) is 3.05. The summed E-state index contributed by atoms with van der Waals surface area (Å²) < 4.78 is 40.2. The van der Waals surface area contributed by atoms with Gasteiger partial charge >= 0.3 is 6.18 Å². The zero-order valence-corrected chi connectivity index (χ0v) is 13.5. The predicted octanol–water partition coefficient (Wildman–Crippen LogP) is 5.08. The highest BCUT2D eigenvalue weighted by Crippen LogP contribution is 2.39. The lowest BCUT2D eigenvalue weighted by atomic mass is 9.95. The molecule has 2 aromatic carbocycles. The molecule has 0 aliphatic rings. The summed E-state index contributed by atoms with van der Waals surface area (Å²) in [4.78, 5) is 0. The number of hydrogen-bond donors (Lipinski definition) is 1. The first-order valence-electron chi connectivity index (χ1n) is 6.83. The van der Waals surface area contributed by atoms with Gasteiger partial charge in [-0.25, -0.2) is 0 Å². The monoisotopic (exact) mass is 371 g/mol. The summed E-state index contributed by atoms with van der Waals surface area (Å²) in [6.07, 6.45) is -4.51. The second-order valence-electron chi connectivity index (χ2n) is 5.12. The summed E-state index contributed by atoms with van der Waals surface area (Å²) in [7, 11) is 0. The highest BCUT2D eigenvalue weighted by Gasteiger charge is 2.34. The molecule has 0 fully saturated rings. The Labute approximate surface area is 145 Å². The van der Waals surface area contributed by atoms with Crippen LogP contribution in [0, 0.1) is 0 Å². The van der Waals surface area contributed by atoms with Gasteiger partial charge in [0.15, 0.2) is 10.3 Å². The summed E-state index contributed by atoms with van der Waals surface area (Å²) in [5, 5.41) is 8.53. The van der Waals surface area contributed by atoms with Gasteiger partial charge in [-0.1, -0.05) is 47.5 Å². The van der Waals surface area contributed by atoms with E-state index in [4.69, 9.17) is 28.9 Å². The Balaban J connectivity index is 2.26. The number of alkyl halides is 3. The topological polar surface area (TPSA) is 51.8 Å². The molecule has 8 heteroatoms. The van der Waals surface area contributed by atoms with E-state index < -0.39 is 11.7 Å². The van der Waals surface area contributed by atoms with Gasteiger partial charge in [0.05, 0.1) is 5.56 Å². The molecule has 3 aromatic rings. The Kier molecular flexibility index (Phi) is 4.38. The van der Waals surface area contributed by atoms with Crippen molar-refractivity contribution in [3.63, 3.8) is 0 Å². The lowest BCUT2D eigenvalue weighted by molar-refractivity contribution is -0.137. The average molecular weight is 372 g/mol. The molecular weight excluding hydrogens is 362 g/mol. The van der Waals surface area contributed by atoms with Crippen LogP contribution in [0.2, 0.25) is 10.3 Å². The van der Waals surface area contributed by atoms with Crippen LogP contribution in [-0.2, 0) is 12.7 Å². The van der Waals surface area contributed by atoms with E-state index in [-0.39, 0.29) is 22.4 Å². The maximum absolute atomic E-state index is 13.4. The van der Waals surface area contributed by atoms with Crippen LogP contribution in [0.5, 0.6) is 0 Å². The maximum atomic E-state index is 13.4. The van der Waals surface area contributed by atoms with Crippen LogP contribution in [-0.4, -0.2) is 10.2 Å². The molecule has 0 amide bonds. The van der Waals surface area contributed by atoms with E-state index in [0.717, 1.165) is 6.07 Å². The maximum Gasteiger partial charge on any atom is 0.417 e. The molecule has 3 rings (SSSR count). The van der Waals surface area contributed by atoms with Crippen molar-refractivity contribution in [3.05, 3.63) is 57.8 Å². The van der Waals surface area contributed by atoms with Crippen molar-refractivity contribution in [3.8, 4) is 11.1 Å². The van der Waals surface area contributed by atoms with E-state index >= 15 is 0 Å². The molecule has 0 spiro atoms. The van der Waals surface area contributed by atoms with Crippen LogP contribution in [0.15, 0.2) is 36.4 Å². The van der Waals surface area contributed by atoms with Gasteiger partial charge in [0, 0.05) is 17.3 Å². The number of rotatable bonds is 2. The second kappa shape index (κ2) is 6.20. The van der Waals surface area contributed by atoms with E-state index in [1.165, 1.54) is 12.1 Å². The SMILES string of the molecule is NCc1ccc(-c2ccc3c(Cl)nnc(Cl)c3c2)c(C(F)(F)F)c1. The van der Waals surface area contributed by atoms with Gasteiger partial charge in [0.1, 0.15) is 0 Å². The van der Waals surface area contributed by atoms with Gasteiger partial charge in [-0.2, -0.15) is 13.2 Å². The first-order chi connectivity index (χ1) is 11.3. The molecule has 0 saturated carbocycles. The van der Waals surface area contributed by atoms with Crippen molar-refractivity contribution in [1.29, 1.82) is 0 Å². The molecule has 0 saturated heterocycles. The second-order valence-corrected chi connectivity index (χ2v) is 5.84. The molecule has 3 nitrogen and oxygen atoms in total. The average Bonchev–Trinajstić information content (AvgIpc) is 2.56. The van der Waals surface area contributed by atoms with E-state index in [9.17, 15) is 13.2 Å². The van der Waals surface area contributed by atoms with E-state index in [2.05, 4.69) is 10.2 Å². The largest absolute Gasteiger partial charge is 0.417 e. The summed E-state index contributed by atoms with van der Waals surface area (Å²) in [6.45, 7) is 0.0259. The third-order valence-electron chi connectivity index (χ3n) is 3.63. The minimum Gasteiger partial charge on any atom is -0.326 e. The van der Waals surface area contributed by atoms with Crippen LogP contribution < -0.4 is 5.73 Å². The van der Waals surface area contributed by atoms with Crippen LogP contribution in [0.1, 0.15) is 11.1 Å². The van der Waals surface area contributed by atoms with Crippen molar-refractivity contribution < 1.29 is 13.2 Å². The fourth-order valence-electron chi connectivity index (χ4n) is 2.46. The quantitative estimate of drug-likeness (QED) is 0.683. The Morgan fingerprint density at radius 3 is 2.21 bits per heavy atom. The number of benzene rings is 2. The molecule has 1 aromatic heterocycles. The molecule has 0 unspecified atom stereocenters. The molecule has 1 heterocycles. The molecule has 2 N–H and O–H groups in total. The van der Waals surface area contributed by atoms with Gasteiger partial charge in [-0.3, -0.25) is 0 Å². The number of aromatic nitrogens is 2. The van der Waals surface area contributed by atoms with Crippen LogP contribution in [0.4, 0.5) is 13.2 Å². The molecular formula is C16H10Cl2F3N3. The number of hydrogen-bond acceptors (Lipinski definition) is 3. The summed E-state index contributed by atoms with van der Waals surface area (Å²) in [6, 6.07) is 8.65. The number of nitrogens with zero attached hydrogens (tertiary/aromatic N) is 2. The fraction of sp³-hybridized carbons (Fsp3) is 0.125. The number of nitrogens with two attached hydrogens (primary N) is 1. The fourth-order valence-corrected chi connectivity index (χ4v) is 2.86. The first kappa shape index (κ1) is 17.0. The Morgan fingerprint density at radius 2 is 1.58 bits per heavy atom. The summed E-state index contributed by atoms with van der Waals surface area (Å²) >= 11 is 11.9. The molecule has 24 heavy (non-hydrogen) atoms. The summed E-state index contributed by atoms with van der Waals surface area (Å²) in [5.41, 5.74) is 5.48. The molecule has 0 atom stereocenters. The van der Waals surface area contributed by atoms with Crippen LogP contribution in [0.25, 0.3) is 21.9 Å². The van der Waals surface area contributed by atoms with Gasteiger partial charge < -0.3 is 5.73 Å². The highest BCUT2D eigenvalue weighted by atomic mass is 35.5. The molecule has 124 valence electrons. The molecule has 0 radical (unpaired) electrons. The minimum atomic E-state index is -4.51. The highest BCUT2D eigenvalue weighted by molar-refractivity contribution is 6.38. The zero-order valence-electron chi connectivity index (χ0n) is 12.0. The van der Waals surface area contributed by atoms with Gasteiger partial charge in [0.2, 0.25) is 0 Å². The Morgan fingerprint density at radius 1 is 0.917 bits per heavy atom. The zero-order chi connectivity index (χ0) is 17.5. The van der Waals surface area contributed by atoms with Crippen LogP contribution >= 0.6 is 23.2 Å². The summed E-state index contributed by atoms with van der Waals surface area (Å²) in [5.74, 6) is 0. The smallest absolute Gasteiger partial charge is 0.326 e. The standard InChI is InChI=1S/C16H10Cl2F3N3/c17-14-11-4-2-9(6-12(11)15(18)24-23-14)10-3-1-8(7-22)5-13(10)16(19,20)21/h1-6H,7,22H2. The van der Waals surface area contributed by atoms with E-state index in [1.807, 2.05) is 0 Å². The number of fused-ring (bicyclic) bond motifs is 1. The molecule has 0 aliphatic heterocycles. The van der Waals surface area contributed by atoms with Gasteiger partial charge in [-0.05, 0) is 28.8 Å². The minimum absolute atomic E-state index is 0.0259. The van der Waals surface area contributed by atoms with Crippen molar-refractivity contribution in [2.45, 2.75) is 12.7 Å². The van der Waals surface area contributed by atoms with Crippen LogP contribution in [0.3, 0.4) is 0 Å². The number of halogens is 5. The van der Waals surface area contributed by atoms with Gasteiger partial charge in [-0.15, -0.1) is 10.2 Å². The van der Waals surface area contributed by atoms with Crippen molar-refractivity contribution in [2.24, 2.45) is 5.73 Å². The predicted molar refractivity (Wildman–Crippen MR) is 87.9 cm³/mol. The van der Waals surface area contributed by atoms with Crippen molar-refractivity contribution in [1.82, 2.24) is 10.2 Å². The first-order valence-corrected chi connectivity index (χ1v) is 7.59. The van der Waals surface area contributed by atoms with Gasteiger partial charge in [0.25, 0.3) is 0 Å². The van der Waals surface area contributed by atoms with Crippen molar-refractivity contribution >= 4 is 34.0 Å². The molecule has 0 aliphatic carbocycles.